The number of allylic oxidation sites excluding steroid dienone is 2. The molecule has 0 radical (unpaired) electrons. The second-order valence-corrected chi connectivity index (χ2v) is 6.92. The lowest BCUT2D eigenvalue weighted by Crippen LogP contribution is -2.41. The number of carboxylic acid groups (broad SMARTS) is 1. The molecule has 0 fully saturated rings. The maximum atomic E-state index is 13.8. The van der Waals surface area contributed by atoms with Gasteiger partial charge in [-0.25, -0.2) is 9.37 Å². The van der Waals surface area contributed by atoms with Crippen molar-refractivity contribution in [3.8, 4) is 11.6 Å². The lowest BCUT2D eigenvalue weighted by atomic mass is 10.0. The summed E-state index contributed by atoms with van der Waals surface area (Å²) in [4.78, 5) is 16.2. The number of hydrogen-bond donors (Lipinski definition) is 3. The summed E-state index contributed by atoms with van der Waals surface area (Å²) in [5.74, 6) is -1.45. The summed E-state index contributed by atoms with van der Waals surface area (Å²) in [7, 11) is 0. The number of aliphatic hydroxyl groups excluding tert-OH is 1. The number of nitrogens with zero attached hydrogens (tertiary/aromatic N) is 2. The highest BCUT2D eigenvalue weighted by Gasteiger charge is 2.19. The molecule has 3 rings (SSSR count). The molecule has 0 saturated carbocycles. The minimum absolute atomic E-state index is 0.177. The summed E-state index contributed by atoms with van der Waals surface area (Å²) >= 11 is 5.68. The number of hydrogen-bond acceptors (Lipinski definition) is 6. The van der Waals surface area contributed by atoms with Gasteiger partial charge in [-0.05, 0) is 35.4 Å². The van der Waals surface area contributed by atoms with E-state index in [0.717, 1.165) is 17.2 Å². The molecular weight excluding hydrogens is 401 g/mol. The van der Waals surface area contributed by atoms with Crippen LogP contribution in [0.25, 0.3) is 5.57 Å². The molecule has 4 N–H and O–H groups in total. The van der Waals surface area contributed by atoms with E-state index in [9.17, 15) is 14.3 Å². The average molecular weight is 420 g/mol. The second-order valence-electron chi connectivity index (χ2n) is 6.48. The van der Waals surface area contributed by atoms with Crippen molar-refractivity contribution in [3.05, 3.63) is 71.3 Å². The zero-order valence-corrected chi connectivity index (χ0v) is 16.0. The molecule has 0 bridgehead atoms. The molecule has 29 heavy (non-hydrogen) atoms. The number of rotatable bonds is 7. The lowest BCUT2D eigenvalue weighted by molar-refractivity contribution is -0.137. The molecule has 1 aliphatic rings. The van der Waals surface area contributed by atoms with E-state index in [-0.39, 0.29) is 23.9 Å². The van der Waals surface area contributed by atoms with E-state index < -0.39 is 24.1 Å². The van der Waals surface area contributed by atoms with Gasteiger partial charge in [0.25, 0.3) is 5.88 Å². The van der Waals surface area contributed by atoms with Gasteiger partial charge in [-0.1, -0.05) is 29.8 Å². The number of carboxylic acids is 1. The topological polar surface area (TPSA) is 109 Å². The van der Waals surface area contributed by atoms with E-state index in [2.05, 4.69) is 4.98 Å². The summed E-state index contributed by atoms with van der Waals surface area (Å²) in [6, 6.07) is 7.35. The van der Waals surface area contributed by atoms with Crippen LogP contribution in [0, 0.1) is 5.82 Å². The number of benzene rings is 1. The van der Waals surface area contributed by atoms with Crippen molar-refractivity contribution in [2.24, 2.45) is 5.73 Å². The summed E-state index contributed by atoms with van der Waals surface area (Å²) < 4.78 is 19.2. The normalized spacial score (nSPS) is 17.0. The first kappa shape index (κ1) is 20.8. The fourth-order valence-corrected chi connectivity index (χ4v) is 2.94. The third kappa shape index (κ3) is 5.54. The molecule has 0 aliphatic carbocycles. The molecule has 2 heterocycles. The third-order valence-corrected chi connectivity index (χ3v) is 4.36. The van der Waals surface area contributed by atoms with Gasteiger partial charge < -0.3 is 25.6 Å². The predicted molar refractivity (Wildman–Crippen MR) is 106 cm³/mol. The Balaban J connectivity index is 1.71. The standard InChI is InChI=1S/C20H19ClFN3O4/c21-14-7-17(22)20(24-9-14)29-16-4-1-12(2-5-16)13-3-6-18(26)25(10-13)11-15(23)8-19(27)28/h1-7,9-10,15,18,26H,8,11,23H2,(H,27,28). The molecule has 9 heteroatoms. The van der Waals surface area contributed by atoms with Crippen molar-refractivity contribution >= 4 is 23.1 Å². The van der Waals surface area contributed by atoms with Gasteiger partial charge in [-0.2, -0.15) is 0 Å². The van der Waals surface area contributed by atoms with Crippen molar-refractivity contribution < 1.29 is 24.1 Å². The zero-order chi connectivity index (χ0) is 21.0. The Morgan fingerprint density at radius 2 is 2.10 bits per heavy atom. The minimum Gasteiger partial charge on any atom is -0.481 e. The molecule has 1 aliphatic heterocycles. The number of carbonyl (C=O) groups is 1. The Labute approximate surface area is 171 Å². The number of nitrogens with two attached hydrogens (primary N) is 1. The largest absolute Gasteiger partial charge is 0.481 e. The van der Waals surface area contributed by atoms with Crippen molar-refractivity contribution in [1.82, 2.24) is 9.88 Å². The molecule has 2 aromatic rings. The van der Waals surface area contributed by atoms with E-state index in [0.29, 0.717) is 5.75 Å². The van der Waals surface area contributed by atoms with Crippen LogP contribution in [0.1, 0.15) is 12.0 Å². The van der Waals surface area contributed by atoms with Crippen LogP contribution in [0.5, 0.6) is 11.6 Å². The van der Waals surface area contributed by atoms with Gasteiger partial charge >= 0.3 is 5.97 Å². The Hall–Kier alpha value is -2.94. The van der Waals surface area contributed by atoms with Crippen LogP contribution < -0.4 is 10.5 Å². The highest BCUT2D eigenvalue weighted by atomic mass is 35.5. The first-order valence-corrected chi connectivity index (χ1v) is 9.10. The second kappa shape index (κ2) is 9.04. The SMILES string of the molecule is NC(CC(=O)O)CN1C=C(c2ccc(Oc3ncc(Cl)cc3F)cc2)C=CC1O. The summed E-state index contributed by atoms with van der Waals surface area (Å²) in [6.07, 6.45) is 5.25. The van der Waals surface area contributed by atoms with Crippen LogP contribution >= 0.6 is 11.6 Å². The van der Waals surface area contributed by atoms with Gasteiger partial charge in [0.1, 0.15) is 12.0 Å². The number of aromatic nitrogens is 1. The zero-order valence-electron chi connectivity index (χ0n) is 15.2. The molecule has 0 spiro atoms. The van der Waals surface area contributed by atoms with Gasteiger partial charge in [0.05, 0.1) is 11.4 Å². The van der Waals surface area contributed by atoms with Gasteiger partial charge in [0.2, 0.25) is 0 Å². The predicted octanol–water partition coefficient (Wildman–Crippen LogP) is 3.00. The average Bonchev–Trinajstić information content (AvgIpc) is 2.66. The maximum Gasteiger partial charge on any atom is 0.304 e. The third-order valence-electron chi connectivity index (χ3n) is 4.15. The van der Waals surface area contributed by atoms with Crippen molar-refractivity contribution in [2.45, 2.75) is 18.7 Å². The Kier molecular flexibility index (Phi) is 6.48. The Morgan fingerprint density at radius 1 is 1.38 bits per heavy atom. The van der Waals surface area contributed by atoms with E-state index >= 15 is 0 Å². The molecule has 0 saturated heterocycles. The smallest absolute Gasteiger partial charge is 0.304 e. The number of halogens is 2. The van der Waals surface area contributed by atoms with Crippen LogP contribution in [0.2, 0.25) is 5.02 Å². The van der Waals surface area contributed by atoms with Crippen LogP contribution in [0.4, 0.5) is 4.39 Å². The van der Waals surface area contributed by atoms with Crippen LogP contribution in [0.3, 0.4) is 0 Å². The molecule has 152 valence electrons. The van der Waals surface area contributed by atoms with Crippen LogP contribution in [-0.2, 0) is 4.79 Å². The van der Waals surface area contributed by atoms with Crippen LogP contribution in [0.15, 0.2) is 54.9 Å². The fourth-order valence-electron chi connectivity index (χ4n) is 2.79. The van der Waals surface area contributed by atoms with E-state index in [1.807, 2.05) is 0 Å². The van der Waals surface area contributed by atoms with Crippen molar-refractivity contribution in [1.29, 1.82) is 0 Å². The molecule has 1 aromatic carbocycles. The summed E-state index contributed by atoms with van der Waals surface area (Å²) in [5, 5.41) is 19.1. The molecule has 7 nitrogen and oxygen atoms in total. The van der Waals surface area contributed by atoms with Gasteiger partial charge in [0.15, 0.2) is 5.82 Å². The number of aliphatic hydroxyl groups is 1. The molecular formula is C20H19ClFN3O4. The van der Waals surface area contributed by atoms with Crippen molar-refractivity contribution in [2.75, 3.05) is 6.54 Å². The molecule has 0 amide bonds. The Bertz CT molecular complexity index is 949. The molecule has 2 atom stereocenters. The highest BCUT2D eigenvalue weighted by molar-refractivity contribution is 6.30. The van der Waals surface area contributed by atoms with Gasteiger partial charge in [-0.3, -0.25) is 4.79 Å². The van der Waals surface area contributed by atoms with E-state index in [1.54, 1.807) is 47.5 Å². The fraction of sp³-hybridized carbons (Fsp3) is 0.200. The number of pyridine rings is 1. The van der Waals surface area contributed by atoms with Crippen LogP contribution in [-0.4, -0.2) is 44.9 Å². The van der Waals surface area contributed by atoms with Crippen molar-refractivity contribution in [3.63, 3.8) is 0 Å². The minimum atomic E-state index is -0.994. The number of aliphatic carboxylic acids is 1. The monoisotopic (exact) mass is 419 g/mol. The summed E-state index contributed by atoms with van der Waals surface area (Å²) in [5.41, 5.74) is 7.43. The first-order valence-electron chi connectivity index (χ1n) is 8.72. The van der Waals surface area contributed by atoms with E-state index in [1.165, 1.54) is 6.20 Å². The Morgan fingerprint density at radius 3 is 2.76 bits per heavy atom. The quantitative estimate of drug-likeness (QED) is 0.632. The van der Waals surface area contributed by atoms with E-state index in [4.69, 9.17) is 27.2 Å². The molecule has 1 aromatic heterocycles. The summed E-state index contributed by atoms with van der Waals surface area (Å²) in [6.45, 7) is 0.185. The number of ether oxygens (including phenoxy) is 1. The maximum absolute atomic E-state index is 13.8. The lowest BCUT2D eigenvalue weighted by Gasteiger charge is -2.30. The van der Waals surface area contributed by atoms with Gasteiger partial charge in [0, 0.05) is 25.0 Å². The first-order chi connectivity index (χ1) is 13.8. The highest BCUT2D eigenvalue weighted by Crippen LogP contribution is 2.27. The van der Waals surface area contributed by atoms with Gasteiger partial charge in [-0.15, -0.1) is 0 Å². The molecule has 2 unspecified atom stereocenters.